The third kappa shape index (κ3) is 4.47. The van der Waals surface area contributed by atoms with E-state index in [1.807, 2.05) is 0 Å². The van der Waals surface area contributed by atoms with Gasteiger partial charge in [-0.3, -0.25) is 4.79 Å². The van der Waals surface area contributed by atoms with Gasteiger partial charge in [0.15, 0.2) is 0 Å². The van der Waals surface area contributed by atoms with Crippen molar-refractivity contribution >= 4 is 5.91 Å². The zero-order valence-electron chi connectivity index (χ0n) is 13.5. The van der Waals surface area contributed by atoms with Crippen LogP contribution in [0.2, 0.25) is 0 Å². The third-order valence-electron chi connectivity index (χ3n) is 5.12. The molecule has 2 unspecified atom stereocenters. The van der Waals surface area contributed by atoms with Gasteiger partial charge >= 0.3 is 0 Å². The van der Waals surface area contributed by atoms with E-state index in [1.54, 1.807) is 0 Å². The molecule has 2 aliphatic rings. The van der Waals surface area contributed by atoms with Crippen molar-refractivity contribution in [3.05, 3.63) is 0 Å². The fraction of sp³-hybridized carbons (Fsp3) is 0.941. The molecule has 0 aliphatic heterocycles. The standard InChI is InChI=1S/C17H32N2O/c1-17(2,3)14-10-6-7-11-15(14)18-12-16(20)19-13-8-4-5-9-13/h13-15,18H,4-12H2,1-3H3,(H,19,20). The minimum absolute atomic E-state index is 0.190. The molecule has 116 valence electrons. The third-order valence-corrected chi connectivity index (χ3v) is 5.12. The Balaban J connectivity index is 1.77. The molecule has 2 N–H and O–H groups in total. The molecule has 20 heavy (non-hydrogen) atoms. The summed E-state index contributed by atoms with van der Waals surface area (Å²) in [4.78, 5) is 12.0. The van der Waals surface area contributed by atoms with Crippen LogP contribution in [0.1, 0.15) is 72.1 Å². The number of carbonyl (C=O) groups is 1. The number of rotatable bonds is 4. The van der Waals surface area contributed by atoms with Gasteiger partial charge in [-0.15, -0.1) is 0 Å². The summed E-state index contributed by atoms with van der Waals surface area (Å²) >= 11 is 0. The van der Waals surface area contributed by atoms with Crippen LogP contribution in [0.4, 0.5) is 0 Å². The Morgan fingerprint density at radius 1 is 1.00 bits per heavy atom. The van der Waals surface area contributed by atoms with Crippen LogP contribution in [-0.4, -0.2) is 24.5 Å². The second-order valence-corrected chi connectivity index (χ2v) is 7.79. The molecule has 0 saturated heterocycles. The fourth-order valence-electron chi connectivity index (χ4n) is 3.98. The molecular weight excluding hydrogens is 248 g/mol. The van der Waals surface area contributed by atoms with Crippen LogP contribution in [0.3, 0.4) is 0 Å². The molecule has 0 spiro atoms. The zero-order valence-corrected chi connectivity index (χ0v) is 13.5. The Labute approximate surface area is 124 Å². The predicted molar refractivity (Wildman–Crippen MR) is 83.6 cm³/mol. The van der Waals surface area contributed by atoms with E-state index in [4.69, 9.17) is 0 Å². The predicted octanol–water partition coefficient (Wildman–Crippen LogP) is 3.24. The summed E-state index contributed by atoms with van der Waals surface area (Å²) in [6.45, 7) is 7.48. The molecule has 0 aromatic rings. The van der Waals surface area contributed by atoms with Crippen LogP contribution in [-0.2, 0) is 4.79 Å². The smallest absolute Gasteiger partial charge is 0.234 e. The van der Waals surface area contributed by atoms with Crippen molar-refractivity contribution in [1.82, 2.24) is 10.6 Å². The van der Waals surface area contributed by atoms with E-state index in [0.717, 1.165) is 0 Å². The summed E-state index contributed by atoms with van der Waals surface area (Å²) in [6, 6.07) is 0.951. The van der Waals surface area contributed by atoms with Gasteiger partial charge in [-0.05, 0) is 37.0 Å². The molecule has 3 heteroatoms. The van der Waals surface area contributed by atoms with Crippen molar-refractivity contribution in [3.8, 4) is 0 Å². The minimum Gasteiger partial charge on any atom is -0.352 e. The molecule has 0 aromatic heterocycles. The maximum atomic E-state index is 12.0. The topological polar surface area (TPSA) is 41.1 Å². The van der Waals surface area contributed by atoms with Crippen molar-refractivity contribution in [2.45, 2.75) is 84.2 Å². The van der Waals surface area contributed by atoms with Crippen LogP contribution in [0.5, 0.6) is 0 Å². The molecule has 0 radical (unpaired) electrons. The number of hydrogen-bond acceptors (Lipinski definition) is 2. The Bertz CT molecular complexity index is 315. The Kier molecular flexibility index (Phi) is 5.48. The van der Waals surface area contributed by atoms with Gasteiger partial charge in [0, 0.05) is 12.1 Å². The van der Waals surface area contributed by atoms with Gasteiger partial charge in [-0.25, -0.2) is 0 Å². The summed E-state index contributed by atoms with van der Waals surface area (Å²) in [5.74, 6) is 0.880. The lowest BCUT2D eigenvalue weighted by molar-refractivity contribution is -0.121. The van der Waals surface area contributed by atoms with Gasteiger partial charge in [0.25, 0.3) is 0 Å². The molecule has 2 aliphatic carbocycles. The van der Waals surface area contributed by atoms with E-state index in [1.165, 1.54) is 51.4 Å². The second kappa shape index (κ2) is 6.93. The fourth-order valence-corrected chi connectivity index (χ4v) is 3.98. The Morgan fingerprint density at radius 2 is 1.60 bits per heavy atom. The molecule has 0 bridgehead atoms. The first-order valence-electron chi connectivity index (χ1n) is 8.49. The molecule has 2 fully saturated rings. The first-order valence-corrected chi connectivity index (χ1v) is 8.49. The van der Waals surface area contributed by atoms with Gasteiger partial charge in [0.2, 0.25) is 5.91 Å². The quantitative estimate of drug-likeness (QED) is 0.830. The van der Waals surface area contributed by atoms with Gasteiger partial charge in [0.1, 0.15) is 0 Å². The van der Waals surface area contributed by atoms with Crippen molar-refractivity contribution < 1.29 is 4.79 Å². The molecule has 2 rings (SSSR count). The zero-order chi connectivity index (χ0) is 14.6. The van der Waals surface area contributed by atoms with E-state index in [2.05, 4.69) is 31.4 Å². The van der Waals surface area contributed by atoms with Crippen LogP contribution in [0.15, 0.2) is 0 Å². The van der Waals surface area contributed by atoms with E-state index in [-0.39, 0.29) is 5.91 Å². The van der Waals surface area contributed by atoms with Crippen molar-refractivity contribution in [2.75, 3.05) is 6.54 Å². The lowest BCUT2D eigenvalue weighted by Crippen LogP contribution is -2.48. The van der Waals surface area contributed by atoms with Crippen molar-refractivity contribution in [2.24, 2.45) is 11.3 Å². The maximum Gasteiger partial charge on any atom is 0.234 e. The Hall–Kier alpha value is -0.570. The lowest BCUT2D eigenvalue weighted by Gasteiger charge is -2.41. The summed E-state index contributed by atoms with van der Waals surface area (Å²) in [5.41, 5.74) is 0.333. The first-order chi connectivity index (χ1) is 9.47. The average molecular weight is 280 g/mol. The molecule has 0 heterocycles. The van der Waals surface area contributed by atoms with Crippen LogP contribution < -0.4 is 10.6 Å². The van der Waals surface area contributed by atoms with E-state index < -0.39 is 0 Å². The second-order valence-electron chi connectivity index (χ2n) is 7.79. The number of nitrogens with one attached hydrogen (secondary N) is 2. The number of hydrogen-bond donors (Lipinski definition) is 2. The Morgan fingerprint density at radius 3 is 2.25 bits per heavy atom. The van der Waals surface area contributed by atoms with Gasteiger partial charge < -0.3 is 10.6 Å². The summed E-state index contributed by atoms with van der Waals surface area (Å²) < 4.78 is 0. The highest BCUT2D eigenvalue weighted by molar-refractivity contribution is 5.78. The largest absolute Gasteiger partial charge is 0.352 e. The lowest BCUT2D eigenvalue weighted by atomic mass is 9.69. The van der Waals surface area contributed by atoms with E-state index >= 15 is 0 Å². The van der Waals surface area contributed by atoms with Crippen LogP contribution >= 0.6 is 0 Å². The highest BCUT2D eigenvalue weighted by Gasteiger charge is 2.34. The van der Waals surface area contributed by atoms with E-state index in [0.29, 0.717) is 30.0 Å². The summed E-state index contributed by atoms with van der Waals surface area (Å²) in [5, 5.41) is 6.71. The molecular formula is C17H32N2O. The minimum atomic E-state index is 0.190. The maximum absolute atomic E-state index is 12.0. The number of carbonyl (C=O) groups excluding carboxylic acids is 1. The first kappa shape index (κ1) is 15.8. The van der Waals surface area contributed by atoms with Gasteiger partial charge in [-0.1, -0.05) is 46.5 Å². The monoisotopic (exact) mass is 280 g/mol. The van der Waals surface area contributed by atoms with Crippen LogP contribution in [0.25, 0.3) is 0 Å². The van der Waals surface area contributed by atoms with Crippen molar-refractivity contribution in [3.63, 3.8) is 0 Å². The highest BCUT2D eigenvalue weighted by Crippen LogP contribution is 2.37. The van der Waals surface area contributed by atoms with Crippen molar-refractivity contribution in [1.29, 1.82) is 0 Å². The molecule has 2 atom stereocenters. The van der Waals surface area contributed by atoms with Gasteiger partial charge in [0.05, 0.1) is 6.54 Å². The molecule has 2 saturated carbocycles. The normalized spacial score (nSPS) is 28.6. The average Bonchev–Trinajstić information content (AvgIpc) is 2.88. The summed E-state index contributed by atoms with van der Waals surface area (Å²) in [7, 11) is 0. The summed E-state index contributed by atoms with van der Waals surface area (Å²) in [6.07, 6.45) is 10.0. The highest BCUT2D eigenvalue weighted by atomic mass is 16.2. The van der Waals surface area contributed by atoms with E-state index in [9.17, 15) is 4.79 Å². The SMILES string of the molecule is CC(C)(C)C1CCCCC1NCC(=O)NC1CCCC1. The molecule has 3 nitrogen and oxygen atoms in total. The molecule has 0 aromatic carbocycles. The van der Waals surface area contributed by atoms with Gasteiger partial charge in [-0.2, -0.15) is 0 Å². The number of amides is 1. The van der Waals surface area contributed by atoms with Crippen LogP contribution in [0, 0.1) is 11.3 Å². The molecule has 1 amide bonds.